The first-order valence-electron chi connectivity index (χ1n) is 8.89. The van der Waals surface area contributed by atoms with Gasteiger partial charge in [0, 0.05) is 12.7 Å². The molecule has 3 rings (SSSR count). The van der Waals surface area contributed by atoms with E-state index in [4.69, 9.17) is 9.94 Å². The minimum absolute atomic E-state index is 0.0863. The van der Waals surface area contributed by atoms with Gasteiger partial charge in [0.2, 0.25) is 5.82 Å². The fraction of sp³-hybridized carbons (Fsp3) is 0.333. The molecule has 3 N–H and O–H groups in total. The van der Waals surface area contributed by atoms with Crippen molar-refractivity contribution in [3.8, 4) is 0 Å². The molecule has 7 nitrogen and oxygen atoms in total. The van der Waals surface area contributed by atoms with Crippen molar-refractivity contribution >= 4 is 30.6 Å². The van der Waals surface area contributed by atoms with E-state index in [-0.39, 0.29) is 17.8 Å². The lowest BCUT2D eigenvalue weighted by Gasteiger charge is -2.16. The number of rotatable bonds is 8. The summed E-state index contributed by atoms with van der Waals surface area (Å²) in [6.07, 6.45) is 3.14. The number of carbonyl (C=O) groups excluding carboxylic acids is 1. The Labute approximate surface area is 160 Å². The van der Waals surface area contributed by atoms with E-state index in [1.54, 1.807) is 13.9 Å². The first-order valence-corrected chi connectivity index (χ1v) is 8.89. The zero-order valence-corrected chi connectivity index (χ0v) is 15.3. The molecule has 0 saturated heterocycles. The highest BCUT2D eigenvalue weighted by Crippen LogP contribution is 2.28. The van der Waals surface area contributed by atoms with Crippen molar-refractivity contribution in [1.29, 1.82) is 0 Å². The number of halogens is 2. The molecule has 1 aliphatic carbocycles. The Morgan fingerprint density at radius 2 is 2.11 bits per heavy atom. The van der Waals surface area contributed by atoms with Gasteiger partial charge >= 0.3 is 0 Å². The van der Waals surface area contributed by atoms with Crippen LogP contribution < -0.4 is 21.8 Å². The highest BCUT2D eigenvalue weighted by Gasteiger charge is 2.24. The number of anilines is 2. The number of hydrogen-bond donors (Lipinski definition) is 3. The van der Waals surface area contributed by atoms with Crippen LogP contribution in [0.5, 0.6) is 0 Å². The maximum atomic E-state index is 14.7. The summed E-state index contributed by atoms with van der Waals surface area (Å²) < 4.78 is 29.8. The summed E-state index contributed by atoms with van der Waals surface area (Å²) in [6, 6.07) is 4.23. The summed E-state index contributed by atoms with van der Waals surface area (Å²) in [4.78, 5) is 29.8. The second-order valence-corrected chi connectivity index (χ2v) is 6.75. The number of benzene rings is 1. The van der Waals surface area contributed by atoms with Gasteiger partial charge in [0.1, 0.15) is 13.7 Å². The van der Waals surface area contributed by atoms with E-state index < -0.39 is 35.4 Å². The lowest BCUT2D eigenvalue weighted by molar-refractivity contribution is 0.0270. The van der Waals surface area contributed by atoms with E-state index in [1.165, 1.54) is 12.1 Å². The van der Waals surface area contributed by atoms with Crippen molar-refractivity contribution in [1.82, 2.24) is 10.0 Å². The van der Waals surface area contributed by atoms with Crippen LogP contribution in [0.4, 0.5) is 20.2 Å². The van der Waals surface area contributed by atoms with Crippen molar-refractivity contribution in [2.24, 2.45) is 5.92 Å². The average molecular weight is 391 g/mol. The summed E-state index contributed by atoms with van der Waals surface area (Å²) in [7, 11) is 1.69. The Morgan fingerprint density at radius 1 is 1.36 bits per heavy atom. The zero-order chi connectivity index (χ0) is 20.3. The van der Waals surface area contributed by atoms with Crippen molar-refractivity contribution in [3.63, 3.8) is 0 Å². The lowest BCUT2D eigenvalue weighted by atomic mass is 9.96. The molecule has 1 saturated carbocycles. The average Bonchev–Trinajstić information content (AvgIpc) is 3.47. The van der Waals surface area contributed by atoms with Gasteiger partial charge in [-0.25, -0.2) is 9.87 Å². The van der Waals surface area contributed by atoms with Gasteiger partial charge in [-0.1, -0.05) is 11.5 Å². The second-order valence-electron chi connectivity index (χ2n) is 6.75. The molecular weight excluding hydrogens is 371 g/mol. The molecule has 1 aromatic heterocycles. The van der Waals surface area contributed by atoms with Crippen LogP contribution in [0.25, 0.3) is 0 Å². The SMILES string of the molecule is Bc1ccc(Nc2c(C(=O)NOCC3CC3)cn(CCO)c(=O)c2F)c(F)c1. The quantitative estimate of drug-likeness (QED) is 0.442. The summed E-state index contributed by atoms with van der Waals surface area (Å²) >= 11 is 0. The minimum atomic E-state index is -1.26. The Bertz CT molecular complexity index is 947. The van der Waals surface area contributed by atoms with Crippen LogP contribution in [0.1, 0.15) is 23.2 Å². The van der Waals surface area contributed by atoms with E-state index in [2.05, 4.69) is 10.8 Å². The second kappa shape index (κ2) is 8.53. The molecule has 0 aliphatic heterocycles. The maximum Gasteiger partial charge on any atom is 0.288 e. The standard InChI is InChI=1S/C18H20BF2N3O4/c19-11-3-4-14(13(20)7-11)22-16-12(17(26)23-28-9-10-1-2-10)8-24(5-6-25)18(27)15(16)21/h3-4,7-8,10,22,25H,1-2,5-6,9,19H2,(H,23,26). The maximum absolute atomic E-state index is 14.7. The molecule has 0 spiro atoms. The number of amides is 1. The first kappa shape index (κ1) is 20.0. The fourth-order valence-corrected chi connectivity index (χ4v) is 2.62. The molecular formula is C18H20BF2N3O4. The smallest absolute Gasteiger partial charge is 0.288 e. The number of aliphatic hydroxyl groups is 1. The number of pyridine rings is 1. The van der Waals surface area contributed by atoms with Crippen LogP contribution in [0.15, 0.2) is 29.2 Å². The number of carbonyl (C=O) groups is 1. The normalized spacial score (nSPS) is 13.4. The Balaban J connectivity index is 1.96. The number of hydrogen-bond acceptors (Lipinski definition) is 5. The highest BCUT2D eigenvalue weighted by molar-refractivity contribution is 6.32. The fourth-order valence-electron chi connectivity index (χ4n) is 2.62. The molecule has 2 aromatic rings. The summed E-state index contributed by atoms with van der Waals surface area (Å²) in [5.74, 6) is -2.32. The summed E-state index contributed by atoms with van der Waals surface area (Å²) in [5, 5.41) is 11.6. The van der Waals surface area contributed by atoms with Crippen LogP contribution in [0.2, 0.25) is 0 Å². The van der Waals surface area contributed by atoms with Crippen molar-refractivity contribution in [2.45, 2.75) is 19.4 Å². The Kier molecular flexibility index (Phi) is 6.10. The Hall–Kier alpha value is -2.72. The highest BCUT2D eigenvalue weighted by atomic mass is 19.1. The third kappa shape index (κ3) is 4.57. The molecule has 0 bridgehead atoms. The van der Waals surface area contributed by atoms with Gasteiger partial charge < -0.3 is 15.0 Å². The van der Waals surface area contributed by atoms with Crippen LogP contribution in [0, 0.1) is 17.6 Å². The molecule has 1 aliphatic rings. The van der Waals surface area contributed by atoms with Gasteiger partial charge in [-0.3, -0.25) is 14.4 Å². The van der Waals surface area contributed by atoms with Crippen LogP contribution >= 0.6 is 0 Å². The third-order valence-corrected chi connectivity index (χ3v) is 4.37. The van der Waals surface area contributed by atoms with Crippen LogP contribution in [-0.2, 0) is 11.4 Å². The minimum Gasteiger partial charge on any atom is -0.395 e. The molecule has 1 heterocycles. The number of nitrogens with zero attached hydrogens (tertiary/aromatic N) is 1. The third-order valence-electron chi connectivity index (χ3n) is 4.37. The van der Waals surface area contributed by atoms with E-state index in [1.807, 2.05) is 0 Å². The molecule has 1 amide bonds. The van der Waals surface area contributed by atoms with Gasteiger partial charge in [-0.15, -0.1) is 0 Å². The molecule has 0 radical (unpaired) electrons. The monoisotopic (exact) mass is 391 g/mol. The molecule has 148 valence electrons. The number of aliphatic hydroxyl groups excluding tert-OH is 1. The largest absolute Gasteiger partial charge is 0.395 e. The van der Waals surface area contributed by atoms with E-state index in [9.17, 15) is 18.4 Å². The molecule has 10 heteroatoms. The first-order chi connectivity index (χ1) is 13.4. The summed E-state index contributed by atoms with van der Waals surface area (Å²) in [5.41, 5.74) is 1.04. The van der Waals surface area contributed by atoms with Crippen LogP contribution in [0.3, 0.4) is 0 Å². The predicted molar refractivity (Wildman–Crippen MR) is 102 cm³/mol. The topological polar surface area (TPSA) is 92.6 Å². The zero-order valence-electron chi connectivity index (χ0n) is 15.3. The number of aromatic nitrogens is 1. The van der Waals surface area contributed by atoms with Gasteiger partial charge in [0.05, 0.1) is 30.2 Å². The van der Waals surface area contributed by atoms with Gasteiger partial charge in [-0.05, 0) is 30.9 Å². The van der Waals surface area contributed by atoms with Crippen molar-refractivity contribution in [3.05, 3.63) is 51.9 Å². The number of hydroxylamine groups is 1. The molecule has 0 atom stereocenters. The van der Waals surface area contributed by atoms with E-state index in [0.29, 0.717) is 18.0 Å². The predicted octanol–water partition coefficient (Wildman–Crippen LogP) is 0.192. The van der Waals surface area contributed by atoms with Gasteiger partial charge in [-0.2, -0.15) is 4.39 Å². The molecule has 1 fully saturated rings. The van der Waals surface area contributed by atoms with E-state index in [0.717, 1.165) is 23.6 Å². The molecule has 28 heavy (non-hydrogen) atoms. The Morgan fingerprint density at radius 3 is 2.75 bits per heavy atom. The molecule has 0 unspecified atom stereocenters. The number of nitrogens with one attached hydrogen (secondary N) is 2. The summed E-state index contributed by atoms with van der Waals surface area (Å²) in [6.45, 7) is -0.282. The van der Waals surface area contributed by atoms with Crippen molar-refractivity contribution < 1.29 is 23.5 Å². The lowest BCUT2D eigenvalue weighted by Crippen LogP contribution is -2.31. The van der Waals surface area contributed by atoms with Crippen molar-refractivity contribution in [2.75, 3.05) is 18.5 Å². The molecule has 1 aromatic carbocycles. The van der Waals surface area contributed by atoms with Gasteiger partial charge in [0.15, 0.2) is 0 Å². The van der Waals surface area contributed by atoms with Gasteiger partial charge in [0.25, 0.3) is 11.5 Å². The van der Waals surface area contributed by atoms with E-state index >= 15 is 0 Å². The van der Waals surface area contributed by atoms with Crippen LogP contribution in [-0.4, -0.2) is 36.6 Å².